The molecule has 18 heavy (non-hydrogen) atoms. The van der Waals surface area contributed by atoms with Crippen LogP contribution < -0.4 is 0 Å². The Hall–Kier alpha value is -1.17. The molecule has 96 valence electrons. The highest BCUT2D eigenvalue weighted by Gasteiger charge is 2.27. The van der Waals surface area contributed by atoms with Gasteiger partial charge >= 0.3 is 0 Å². The minimum absolute atomic E-state index is 0.0599. The lowest BCUT2D eigenvalue weighted by Crippen LogP contribution is -2.14. The monoisotopic (exact) mass is 267 g/mol. The summed E-state index contributed by atoms with van der Waals surface area (Å²) in [4.78, 5) is 8.28. The summed E-state index contributed by atoms with van der Waals surface area (Å²) in [5, 5.41) is 10.4. The number of aliphatic hydroxyl groups excluding tert-OH is 1. The minimum Gasteiger partial charge on any atom is -0.394 e. The molecule has 3 rings (SSSR count). The lowest BCUT2D eigenvalue weighted by atomic mass is 10.2. The fourth-order valence-electron chi connectivity index (χ4n) is 2.47. The summed E-state index contributed by atoms with van der Waals surface area (Å²) in [5.74, 6) is 0. The molecule has 0 bridgehead atoms. The van der Waals surface area contributed by atoms with Crippen LogP contribution in [0.15, 0.2) is 12.5 Å². The van der Waals surface area contributed by atoms with E-state index in [9.17, 15) is 0 Å². The van der Waals surface area contributed by atoms with E-state index < -0.39 is 0 Å². The van der Waals surface area contributed by atoms with Gasteiger partial charge in [-0.1, -0.05) is 11.6 Å². The van der Waals surface area contributed by atoms with E-state index in [-0.39, 0.29) is 18.9 Å². The molecule has 2 aromatic heterocycles. The van der Waals surface area contributed by atoms with Gasteiger partial charge in [0.2, 0.25) is 0 Å². The van der Waals surface area contributed by atoms with Crippen LogP contribution in [0.4, 0.5) is 0 Å². The molecule has 0 radical (unpaired) electrons. The topological polar surface area (TPSA) is 60.2 Å². The summed E-state index contributed by atoms with van der Waals surface area (Å²) in [6.45, 7) is 2.04. The number of fused-ring (bicyclic) bond motifs is 1. The summed E-state index contributed by atoms with van der Waals surface area (Å²) >= 11 is 6.09. The van der Waals surface area contributed by atoms with Crippen molar-refractivity contribution in [2.24, 2.45) is 0 Å². The minimum atomic E-state index is -0.0793. The van der Waals surface area contributed by atoms with Gasteiger partial charge in [0.15, 0.2) is 0 Å². The Balaban J connectivity index is 2.06. The van der Waals surface area contributed by atoms with Crippen LogP contribution in [0, 0.1) is 6.92 Å². The molecular weight excluding hydrogens is 254 g/mol. The van der Waals surface area contributed by atoms with Gasteiger partial charge in [0, 0.05) is 6.20 Å². The molecule has 1 N–H and O–H groups in total. The molecule has 6 heteroatoms. The molecule has 0 aliphatic carbocycles. The van der Waals surface area contributed by atoms with Gasteiger partial charge < -0.3 is 14.4 Å². The molecular formula is C12H14ClN3O2. The van der Waals surface area contributed by atoms with E-state index in [4.69, 9.17) is 21.4 Å². The molecule has 3 heterocycles. The number of hydrogen-bond donors (Lipinski definition) is 1. The predicted octanol–water partition coefficient (Wildman–Crippen LogP) is 2.06. The molecule has 2 aromatic rings. The summed E-state index contributed by atoms with van der Waals surface area (Å²) in [6.07, 6.45) is 5.01. The zero-order valence-corrected chi connectivity index (χ0v) is 10.8. The van der Waals surface area contributed by atoms with E-state index in [0.717, 1.165) is 29.4 Å². The third-order valence-corrected chi connectivity index (χ3v) is 3.64. The van der Waals surface area contributed by atoms with Crippen LogP contribution in [0.5, 0.6) is 0 Å². The van der Waals surface area contributed by atoms with Crippen molar-refractivity contribution in [1.82, 2.24) is 14.5 Å². The largest absolute Gasteiger partial charge is 0.394 e. The maximum Gasteiger partial charge on any atom is 0.147 e. The first-order valence-electron chi connectivity index (χ1n) is 5.94. The first-order valence-corrected chi connectivity index (χ1v) is 6.32. The Morgan fingerprint density at radius 1 is 1.50 bits per heavy atom. The van der Waals surface area contributed by atoms with E-state index >= 15 is 0 Å². The molecule has 2 unspecified atom stereocenters. The van der Waals surface area contributed by atoms with Crippen molar-refractivity contribution < 1.29 is 9.84 Å². The SMILES string of the molecule is Cc1cn(C2CCC(CO)O2)c2ncnc(Cl)c12. The predicted molar refractivity (Wildman–Crippen MR) is 67.5 cm³/mol. The zero-order valence-electron chi connectivity index (χ0n) is 10.0. The van der Waals surface area contributed by atoms with Gasteiger partial charge in [-0.25, -0.2) is 9.97 Å². The molecule has 5 nitrogen and oxygen atoms in total. The van der Waals surface area contributed by atoms with Crippen molar-refractivity contribution in [2.45, 2.75) is 32.1 Å². The second kappa shape index (κ2) is 4.50. The third kappa shape index (κ3) is 1.79. The summed E-state index contributed by atoms with van der Waals surface area (Å²) in [5.41, 5.74) is 1.82. The number of aryl methyl sites for hydroxylation is 1. The normalized spacial score (nSPS) is 23.9. The van der Waals surface area contributed by atoms with Crippen LogP contribution >= 0.6 is 11.6 Å². The molecule has 1 aliphatic rings. The number of halogens is 1. The van der Waals surface area contributed by atoms with Crippen LogP contribution in [-0.2, 0) is 4.74 Å². The first-order chi connectivity index (χ1) is 8.70. The van der Waals surface area contributed by atoms with Crippen LogP contribution in [0.3, 0.4) is 0 Å². The molecule has 0 aromatic carbocycles. The molecule has 1 aliphatic heterocycles. The smallest absolute Gasteiger partial charge is 0.147 e. The number of nitrogens with zero attached hydrogens (tertiary/aromatic N) is 3. The summed E-state index contributed by atoms with van der Waals surface area (Å²) in [7, 11) is 0. The van der Waals surface area contributed by atoms with Gasteiger partial charge in [0.25, 0.3) is 0 Å². The molecule has 0 amide bonds. The Morgan fingerprint density at radius 3 is 3.06 bits per heavy atom. The van der Waals surface area contributed by atoms with Gasteiger partial charge in [-0.15, -0.1) is 0 Å². The Labute approximate surface area is 109 Å². The van der Waals surface area contributed by atoms with Crippen LogP contribution in [0.1, 0.15) is 24.6 Å². The van der Waals surface area contributed by atoms with E-state index in [1.54, 1.807) is 0 Å². The molecule has 2 atom stereocenters. The highest BCUT2D eigenvalue weighted by Crippen LogP contribution is 2.33. The lowest BCUT2D eigenvalue weighted by Gasteiger charge is -2.14. The van der Waals surface area contributed by atoms with Crippen molar-refractivity contribution in [1.29, 1.82) is 0 Å². The van der Waals surface area contributed by atoms with Crippen molar-refractivity contribution in [2.75, 3.05) is 6.61 Å². The number of aliphatic hydroxyl groups is 1. The average molecular weight is 268 g/mol. The van der Waals surface area contributed by atoms with Gasteiger partial charge in [-0.3, -0.25) is 0 Å². The second-order valence-electron chi connectivity index (χ2n) is 4.56. The van der Waals surface area contributed by atoms with E-state index in [2.05, 4.69) is 9.97 Å². The molecule has 0 saturated carbocycles. The fourth-order valence-corrected chi connectivity index (χ4v) is 2.75. The highest BCUT2D eigenvalue weighted by molar-refractivity contribution is 6.34. The van der Waals surface area contributed by atoms with Gasteiger partial charge in [-0.05, 0) is 25.3 Å². The van der Waals surface area contributed by atoms with Gasteiger partial charge in [-0.2, -0.15) is 0 Å². The molecule has 1 saturated heterocycles. The first kappa shape index (κ1) is 11.9. The quantitative estimate of drug-likeness (QED) is 0.846. The average Bonchev–Trinajstić information content (AvgIpc) is 2.94. The van der Waals surface area contributed by atoms with E-state index in [0.29, 0.717) is 5.15 Å². The number of aromatic nitrogens is 3. The maximum absolute atomic E-state index is 9.11. The van der Waals surface area contributed by atoms with Crippen molar-refractivity contribution >= 4 is 22.6 Å². The molecule has 1 fully saturated rings. The van der Waals surface area contributed by atoms with Crippen molar-refractivity contribution in [3.63, 3.8) is 0 Å². The van der Waals surface area contributed by atoms with E-state index in [1.165, 1.54) is 6.33 Å². The van der Waals surface area contributed by atoms with Crippen molar-refractivity contribution in [3.05, 3.63) is 23.2 Å². The van der Waals surface area contributed by atoms with Crippen LogP contribution in [-0.4, -0.2) is 32.4 Å². The number of hydrogen-bond acceptors (Lipinski definition) is 4. The highest BCUT2D eigenvalue weighted by atomic mass is 35.5. The fraction of sp³-hybridized carbons (Fsp3) is 0.500. The van der Waals surface area contributed by atoms with Gasteiger partial charge in [0.05, 0.1) is 18.1 Å². The van der Waals surface area contributed by atoms with Crippen molar-refractivity contribution in [3.8, 4) is 0 Å². The van der Waals surface area contributed by atoms with Crippen LogP contribution in [0.25, 0.3) is 11.0 Å². The Kier molecular flexibility index (Phi) is 2.97. The molecule has 0 spiro atoms. The number of ether oxygens (including phenoxy) is 1. The van der Waals surface area contributed by atoms with Crippen LogP contribution in [0.2, 0.25) is 5.15 Å². The Bertz CT molecular complexity index is 584. The lowest BCUT2D eigenvalue weighted by molar-refractivity contribution is -0.0205. The standard InChI is InChI=1S/C12H14ClN3O2/c1-7-4-16(9-3-2-8(5-17)18-9)12-10(7)11(13)14-6-15-12/h4,6,8-9,17H,2-3,5H2,1H3. The number of rotatable bonds is 2. The summed E-state index contributed by atoms with van der Waals surface area (Å²) in [6, 6.07) is 0. The summed E-state index contributed by atoms with van der Waals surface area (Å²) < 4.78 is 7.75. The van der Waals surface area contributed by atoms with Gasteiger partial charge in [0.1, 0.15) is 23.4 Å². The second-order valence-corrected chi connectivity index (χ2v) is 4.91. The third-order valence-electron chi connectivity index (χ3n) is 3.35. The Morgan fingerprint density at radius 2 is 2.33 bits per heavy atom. The van der Waals surface area contributed by atoms with E-state index in [1.807, 2.05) is 17.7 Å². The maximum atomic E-state index is 9.11. The zero-order chi connectivity index (χ0) is 12.7.